The van der Waals surface area contributed by atoms with E-state index in [1.165, 1.54) is 18.5 Å². The van der Waals surface area contributed by atoms with E-state index in [2.05, 4.69) is 27.7 Å². The molecule has 0 spiro atoms. The van der Waals surface area contributed by atoms with Crippen LogP contribution in [0.4, 0.5) is 5.69 Å². The van der Waals surface area contributed by atoms with Gasteiger partial charge in [-0.3, -0.25) is 9.59 Å². The summed E-state index contributed by atoms with van der Waals surface area (Å²) in [5.74, 6) is 0.0732. The largest absolute Gasteiger partial charge is 0.368 e. The predicted molar refractivity (Wildman–Crippen MR) is 101 cm³/mol. The molecule has 0 bridgehead atoms. The molecule has 1 aliphatic carbocycles. The summed E-state index contributed by atoms with van der Waals surface area (Å²) in [6.07, 6.45) is 4.78. The molecule has 1 saturated carbocycles. The van der Waals surface area contributed by atoms with Crippen molar-refractivity contribution in [2.45, 2.75) is 50.2 Å². The van der Waals surface area contributed by atoms with Crippen molar-refractivity contribution in [3.8, 4) is 0 Å². The second-order valence-corrected chi connectivity index (χ2v) is 7.63. The van der Waals surface area contributed by atoms with Crippen LogP contribution in [0.2, 0.25) is 0 Å². The van der Waals surface area contributed by atoms with Crippen LogP contribution in [0.1, 0.15) is 32.1 Å². The Morgan fingerprint density at radius 2 is 1.69 bits per heavy atom. The molecule has 2 aliphatic heterocycles. The molecule has 3 fully saturated rings. The lowest BCUT2D eigenvalue weighted by molar-refractivity contribution is -0.136. The highest BCUT2D eigenvalue weighted by molar-refractivity contribution is 5.89. The summed E-state index contributed by atoms with van der Waals surface area (Å²) in [5.41, 5.74) is 1.20. The number of fused-ring (bicyclic) bond motifs is 1. The first kappa shape index (κ1) is 17.3. The van der Waals surface area contributed by atoms with Crippen LogP contribution < -0.4 is 15.5 Å². The third kappa shape index (κ3) is 3.70. The maximum Gasteiger partial charge on any atom is 0.237 e. The second-order valence-electron chi connectivity index (χ2n) is 7.63. The zero-order valence-corrected chi connectivity index (χ0v) is 15.2. The second kappa shape index (κ2) is 7.66. The molecule has 26 heavy (non-hydrogen) atoms. The first-order chi connectivity index (χ1) is 12.7. The number of piperazine rings is 2. The Balaban J connectivity index is 1.29. The van der Waals surface area contributed by atoms with Gasteiger partial charge in [0.05, 0.1) is 12.5 Å². The Labute approximate surface area is 154 Å². The van der Waals surface area contributed by atoms with Gasteiger partial charge >= 0.3 is 0 Å². The van der Waals surface area contributed by atoms with Gasteiger partial charge in [-0.1, -0.05) is 31.0 Å². The van der Waals surface area contributed by atoms with E-state index in [1.807, 2.05) is 23.1 Å². The van der Waals surface area contributed by atoms with E-state index in [4.69, 9.17) is 0 Å². The molecular weight excluding hydrogens is 328 g/mol. The fourth-order valence-corrected chi connectivity index (χ4v) is 4.43. The molecule has 2 heterocycles. The molecule has 2 amide bonds. The zero-order chi connectivity index (χ0) is 17.9. The minimum absolute atomic E-state index is 0.00979. The van der Waals surface area contributed by atoms with Crippen LogP contribution in [0.3, 0.4) is 0 Å². The number of carbonyl (C=O) groups is 2. The van der Waals surface area contributed by atoms with Crippen LogP contribution in [0.25, 0.3) is 0 Å². The lowest BCUT2D eigenvalue weighted by atomic mass is 9.87. The van der Waals surface area contributed by atoms with Gasteiger partial charge in [0, 0.05) is 44.0 Å². The van der Waals surface area contributed by atoms with Gasteiger partial charge in [0.2, 0.25) is 11.8 Å². The Morgan fingerprint density at radius 1 is 1.00 bits per heavy atom. The summed E-state index contributed by atoms with van der Waals surface area (Å²) in [4.78, 5) is 29.3. The first-order valence-corrected chi connectivity index (χ1v) is 9.85. The summed E-state index contributed by atoms with van der Waals surface area (Å²) < 4.78 is 0. The number of benzene rings is 1. The average Bonchev–Trinajstić information content (AvgIpc) is 2.69. The fourth-order valence-electron chi connectivity index (χ4n) is 4.43. The Hall–Kier alpha value is -2.08. The zero-order valence-electron chi connectivity index (χ0n) is 15.2. The Morgan fingerprint density at radius 3 is 2.42 bits per heavy atom. The van der Waals surface area contributed by atoms with Gasteiger partial charge in [-0.25, -0.2) is 0 Å². The molecule has 2 N–H and O–H groups in total. The molecule has 1 aromatic rings. The van der Waals surface area contributed by atoms with Crippen LogP contribution in [0.5, 0.6) is 0 Å². The molecule has 4 rings (SSSR count). The summed E-state index contributed by atoms with van der Waals surface area (Å²) in [6.45, 7) is 3.11. The highest BCUT2D eigenvalue weighted by Gasteiger charge is 2.37. The molecule has 6 nitrogen and oxygen atoms in total. The number of hydrogen-bond acceptors (Lipinski definition) is 4. The minimum atomic E-state index is -0.381. The van der Waals surface area contributed by atoms with Crippen LogP contribution in [-0.2, 0) is 9.59 Å². The van der Waals surface area contributed by atoms with E-state index in [1.54, 1.807) is 0 Å². The highest BCUT2D eigenvalue weighted by Crippen LogP contribution is 2.23. The van der Waals surface area contributed by atoms with E-state index >= 15 is 0 Å². The summed E-state index contributed by atoms with van der Waals surface area (Å²) in [6, 6.07) is 10.5. The van der Waals surface area contributed by atoms with Crippen molar-refractivity contribution in [3.05, 3.63) is 30.3 Å². The van der Waals surface area contributed by atoms with Gasteiger partial charge in [-0.15, -0.1) is 0 Å². The van der Waals surface area contributed by atoms with Gasteiger partial charge in [0.25, 0.3) is 0 Å². The van der Waals surface area contributed by atoms with Crippen molar-refractivity contribution in [1.82, 2.24) is 15.5 Å². The van der Waals surface area contributed by atoms with Crippen LogP contribution in [0.15, 0.2) is 30.3 Å². The van der Waals surface area contributed by atoms with Crippen molar-refractivity contribution in [1.29, 1.82) is 0 Å². The lowest BCUT2D eigenvalue weighted by Gasteiger charge is -2.41. The first-order valence-electron chi connectivity index (χ1n) is 9.85. The quantitative estimate of drug-likeness (QED) is 0.852. The SMILES string of the molecule is O=C1N[C@@H]2CCCC[C@H]2N[C@H]1CC(=O)N1CCN(c2ccccc2)CC1. The van der Waals surface area contributed by atoms with Crippen molar-refractivity contribution in [3.63, 3.8) is 0 Å². The van der Waals surface area contributed by atoms with E-state index < -0.39 is 0 Å². The summed E-state index contributed by atoms with van der Waals surface area (Å²) >= 11 is 0. The number of para-hydroxylation sites is 1. The van der Waals surface area contributed by atoms with Crippen LogP contribution in [0, 0.1) is 0 Å². The monoisotopic (exact) mass is 356 g/mol. The highest BCUT2D eigenvalue weighted by atomic mass is 16.2. The molecule has 0 radical (unpaired) electrons. The molecular formula is C20H28N4O2. The summed E-state index contributed by atoms with van der Waals surface area (Å²) in [7, 11) is 0. The minimum Gasteiger partial charge on any atom is -0.368 e. The average molecular weight is 356 g/mol. The van der Waals surface area contributed by atoms with E-state index in [-0.39, 0.29) is 30.3 Å². The molecule has 140 valence electrons. The number of anilines is 1. The maximum atomic E-state index is 12.7. The number of nitrogens with one attached hydrogen (secondary N) is 2. The number of hydrogen-bond donors (Lipinski definition) is 2. The van der Waals surface area contributed by atoms with Crippen LogP contribution >= 0.6 is 0 Å². The lowest BCUT2D eigenvalue weighted by Crippen LogP contribution is -2.65. The van der Waals surface area contributed by atoms with Gasteiger partial charge in [-0.2, -0.15) is 0 Å². The van der Waals surface area contributed by atoms with Crippen molar-refractivity contribution < 1.29 is 9.59 Å². The topological polar surface area (TPSA) is 64.7 Å². The smallest absolute Gasteiger partial charge is 0.237 e. The Kier molecular flexibility index (Phi) is 5.11. The number of amides is 2. The Bertz CT molecular complexity index is 642. The third-order valence-electron chi connectivity index (χ3n) is 5.96. The maximum absolute atomic E-state index is 12.7. The fraction of sp³-hybridized carbons (Fsp3) is 0.600. The standard InChI is InChI=1S/C20H28N4O2/c25-19(14-18-20(26)22-17-9-5-4-8-16(17)21-18)24-12-10-23(11-13-24)15-6-2-1-3-7-15/h1-3,6-7,16-18,21H,4-5,8-14H2,(H,22,26)/t16-,17-,18+/m1/s1. The molecule has 3 aliphatic rings. The number of carbonyl (C=O) groups excluding carboxylic acids is 2. The summed E-state index contributed by atoms with van der Waals surface area (Å²) in [5, 5.41) is 6.56. The molecule has 6 heteroatoms. The van der Waals surface area contributed by atoms with Gasteiger partial charge < -0.3 is 20.4 Å². The van der Waals surface area contributed by atoms with Gasteiger partial charge in [-0.05, 0) is 25.0 Å². The predicted octanol–water partition coefficient (Wildman–Crippen LogP) is 1.12. The van der Waals surface area contributed by atoms with E-state index in [9.17, 15) is 9.59 Å². The van der Waals surface area contributed by atoms with Gasteiger partial charge in [0.1, 0.15) is 0 Å². The van der Waals surface area contributed by atoms with Crippen molar-refractivity contribution in [2.75, 3.05) is 31.1 Å². The molecule has 0 unspecified atom stereocenters. The number of rotatable bonds is 3. The van der Waals surface area contributed by atoms with Crippen molar-refractivity contribution in [2.24, 2.45) is 0 Å². The van der Waals surface area contributed by atoms with Crippen LogP contribution in [-0.4, -0.2) is 61.0 Å². The van der Waals surface area contributed by atoms with E-state index in [0.29, 0.717) is 19.1 Å². The molecule has 1 aromatic carbocycles. The molecule has 3 atom stereocenters. The van der Waals surface area contributed by atoms with E-state index in [0.717, 1.165) is 25.9 Å². The molecule has 0 aromatic heterocycles. The van der Waals surface area contributed by atoms with Crippen molar-refractivity contribution >= 4 is 17.5 Å². The van der Waals surface area contributed by atoms with Gasteiger partial charge in [0.15, 0.2) is 0 Å². The molecule has 2 saturated heterocycles. The third-order valence-corrected chi connectivity index (χ3v) is 5.96. The normalized spacial score (nSPS) is 29.1. The number of nitrogens with zero attached hydrogens (tertiary/aromatic N) is 2.